The molecule has 4 nitrogen and oxygen atoms in total. The molecule has 1 aromatic carbocycles. The van der Waals surface area contributed by atoms with Gasteiger partial charge in [0.2, 0.25) is 11.8 Å². The summed E-state index contributed by atoms with van der Waals surface area (Å²) in [4.78, 5) is 23.2. The molecule has 2 rings (SSSR count). The van der Waals surface area contributed by atoms with E-state index in [1.165, 1.54) is 5.56 Å². The summed E-state index contributed by atoms with van der Waals surface area (Å²) in [6, 6.07) is 8.09. The lowest BCUT2D eigenvalue weighted by Gasteiger charge is -2.09. The van der Waals surface area contributed by atoms with Crippen molar-refractivity contribution in [3.8, 4) is 0 Å². The minimum Gasteiger partial charge on any atom is -0.347 e. The third-order valence-corrected chi connectivity index (χ3v) is 4.07. The SMILES string of the molecule is CC(C)c1ccc([C@H]2C[C@H]2C(=O)NCC(=O)NCC(F)(F)F)cc1. The van der Waals surface area contributed by atoms with Gasteiger partial charge in [0, 0.05) is 5.92 Å². The molecule has 0 saturated heterocycles. The fourth-order valence-corrected chi connectivity index (χ4v) is 2.54. The summed E-state index contributed by atoms with van der Waals surface area (Å²) in [6.07, 6.45) is -3.76. The zero-order chi connectivity index (χ0) is 17.9. The van der Waals surface area contributed by atoms with Gasteiger partial charge < -0.3 is 10.6 Å². The molecule has 24 heavy (non-hydrogen) atoms. The zero-order valence-electron chi connectivity index (χ0n) is 13.6. The van der Waals surface area contributed by atoms with Crippen LogP contribution in [-0.4, -0.2) is 31.1 Å². The minimum atomic E-state index is -4.45. The summed E-state index contributed by atoms with van der Waals surface area (Å²) in [5.41, 5.74) is 2.29. The second-order valence-corrected chi connectivity index (χ2v) is 6.38. The number of carbonyl (C=O) groups excluding carboxylic acids is 2. The molecular weight excluding hydrogens is 321 g/mol. The van der Waals surface area contributed by atoms with Gasteiger partial charge in [-0.25, -0.2) is 0 Å². The van der Waals surface area contributed by atoms with Gasteiger partial charge in [-0.3, -0.25) is 9.59 Å². The van der Waals surface area contributed by atoms with Crippen molar-refractivity contribution >= 4 is 11.8 Å². The Kier molecular flexibility index (Phi) is 5.51. The van der Waals surface area contributed by atoms with Crippen molar-refractivity contribution in [1.82, 2.24) is 10.6 Å². The predicted octanol–water partition coefficient (Wildman–Crippen LogP) is 2.71. The van der Waals surface area contributed by atoms with Gasteiger partial charge in [-0.1, -0.05) is 38.1 Å². The van der Waals surface area contributed by atoms with Crippen LogP contribution < -0.4 is 10.6 Å². The van der Waals surface area contributed by atoms with Crippen LogP contribution in [-0.2, 0) is 9.59 Å². The molecule has 1 saturated carbocycles. The first-order valence-electron chi connectivity index (χ1n) is 7.88. The second-order valence-electron chi connectivity index (χ2n) is 6.38. The van der Waals surface area contributed by atoms with E-state index < -0.39 is 25.2 Å². The Labute approximate surface area is 138 Å². The van der Waals surface area contributed by atoms with E-state index in [2.05, 4.69) is 19.2 Å². The van der Waals surface area contributed by atoms with Crippen LogP contribution in [0.4, 0.5) is 13.2 Å². The standard InChI is InChI=1S/C17H21F3N2O2/c1-10(2)11-3-5-12(6-4-11)13-7-14(13)16(24)21-8-15(23)22-9-17(18,19)20/h3-6,10,13-14H,7-9H2,1-2H3,(H,21,24)(H,22,23)/t13-,14-/m1/s1. The number of benzene rings is 1. The summed E-state index contributed by atoms with van der Waals surface area (Å²) >= 11 is 0. The summed E-state index contributed by atoms with van der Waals surface area (Å²) in [5.74, 6) is -0.809. The lowest BCUT2D eigenvalue weighted by atomic mass is 10.00. The van der Waals surface area contributed by atoms with Crippen LogP contribution in [0.2, 0.25) is 0 Å². The lowest BCUT2D eigenvalue weighted by Crippen LogP contribution is -2.41. The highest BCUT2D eigenvalue weighted by Crippen LogP contribution is 2.47. The van der Waals surface area contributed by atoms with E-state index in [1.807, 2.05) is 24.3 Å². The van der Waals surface area contributed by atoms with Crippen molar-refractivity contribution < 1.29 is 22.8 Å². The highest BCUT2D eigenvalue weighted by Gasteiger charge is 2.43. The molecule has 2 amide bonds. The fourth-order valence-electron chi connectivity index (χ4n) is 2.54. The molecule has 1 aromatic rings. The van der Waals surface area contributed by atoms with Crippen LogP contribution in [0.5, 0.6) is 0 Å². The molecule has 1 aliphatic rings. The molecule has 2 N–H and O–H groups in total. The maximum absolute atomic E-state index is 12.0. The zero-order valence-corrected chi connectivity index (χ0v) is 13.6. The highest BCUT2D eigenvalue weighted by atomic mass is 19.4. The van der Waals surface area contributed by atoms with Gasteiger partial charge >= 0.3 is 6.18 Å². The molecule has 7 heteroatoms. The quantitative estimate of drug-likeness (QED) is 0.835. The summed E-state index contributed by atoms with van der Waals surface area (Å²) in [6.45, 7) is 2.37. The monoisotopic (exact) mass is 342 g/mol. The third kappa shape index (κ3) is 5.25. The average Bonchev–Trinajstić information content (AvgIpc) is 3.30. The van der Waals surface area contributed by atoms with E-state index in [-0.39, 0.29) is 17.7 Å². The molecule has 0 aromatic heterocycles. The fraction of sp³-hybridized carbons (Fsp3) is 0.529. The van der Waals surface area contributed by atoms with Gasteiger partial charge in [0.25, 0.3) is 0 Å². The molecule has 0 aliphatic heterocycles. The van der Waals surface area contributed by atoms with Crippen molar-refractivity contribution in [3.05, 3.63) is 35.4 Å². The van der Waals surface area contributed by atoms with E-state index in [9.17, 15) is 22.8 Å². The molecule has 1 aliphatic carbocycles. The molecule has 0 bridgehead atoms. The predicted molar refractivity (Wildman–Crippen MR) is 83.5 cm³/mol. The van der Waals surface area contributed by atoms with Crippen LogP contribution >= 0.6 is 0 Å². The number of rotatable bonds is 6. The Morgan fingerprint density at radius 2 is 1.79 bits per heavy atom. The summed E-state index contributed by atoms with van der Waals surface area (Å²) in [5, 5.41) is 4.11. The number of nitrogens with one attached hydrogen (secondary N) is 2. The van der Waals surface area contributed by atoms with Gasteiger partial charge in [-0.15, -0.1) is 0 Å². The topological polar surface area (TPSA) is 58.2 Å². The number of hydrogen-bond acceptors (Lipinski definition) is 2. The van der Waals surface area contributed by atoms with Crippen molar-refractivity contribution in [2.75, 3.05) is 13.1 Å². The Hall–Kier alpha value is -2.05. The highest BCUT2D eigenvalue weighted by molar-refractivity contribution is 5.87. The number of halogens is 3. The number of alkyl halides is 3. The molecule has 2 atom stereocenters. The summed E-state index contributed by atoms with van der Waals surface area (Å²) < 4.78 is 35.9. The van der Waals surface area contributed by atoms with E-state index >= 15 is 0 Å². The minimum absolute atomic E-state index is 0.115. The number of carbonyl (C=O) groups is 2. The Morgan fingerprint density at radius 1 is 1.17 bits per heavy atom. The normalized spacial score (nSPS) is 19.9. The Morgan fingerprint density at radius 3 is 2.33 bits per heavy atom. The largest absolute Gasteiger partial charge is 0.405 e. The molecule has 0 heterocycles. The molecular formula is C17H21F3N2O2. The second kappa shape index (κ2) is 7.23. The summed E-state index contributed by atoms with van der Waals surface area (Å²) in [7, 11) is 0. The van der Waals surface area contributed by atoms with E-state index in [0.717, 1.165) is 5.56 Å². The molecule has 0 unspecified atom stereocenters. The first-order chi connectivity index (χ1) is 11.2. The van der Waals surface area contributed by atoms with Crippen LogP contribution in [0.1, 0.15) is 43.2 Å². The van der Waals surface area contributed by atoms with Crippen molar-refractivity contribution in [1.29, 1.82) is 0 Å². The van der Waals surface area contributed by atoms with Crippen LogP contribution in [0.3, 0.4) is 0 Å². The smallest absolute Gasteiger partial charge is 0.347 e. The third-order valence-electron chi connectivity index (χ3n) is 4.07. The average molecular weight is 342 g/mol. The first-order valence-corrected chi connectivity index (χ1v) is 7.88. The first kappa shape index (κ1) is 18.3. The number of hydrogen-bond donors (Lipinski definition) is 2. The maximum Gasteiger partial charge on any atom is 0.405 e. The van der Waals surface area contributed by atoms with Crippen molar-refractivity contribution in [2.24, 2.45) is 5.92 Å². The van der Waals surface area contributed by atoms with Gasteiger partial charge in [0.1, 0.15) is 6.54 Å². The Balaban J connectivity index is 1.76. The molecule has 0 spiro atoms. The van der Waals surface area contributed by atoms with Crippen molar-refractivity contribution in [2.45, 2.75) is 38.3 Å². The van der Waals surface area contributed by atoms with E-state index in [0.29, 0.717) is 12.3 Å². The van der Waals surface area contributed by atoms with Gasteiger partial charge in [-0.05, 0) is 29.4 Å². The van der Waals surface area contributed by atoms with Crippen LogP contribution in [0.25, 0.3) is 0 Å². The molecule has 0 radical (unpaired) electrons. The molecule has 1 fully saturated rings. The lowest BCUT2D eigenvalue weighted by molar-refractivity contribution is -0.138. The molecule has 132 valence electrons. The van der Waals surface area contributed by atoms with E-state index in [1.54, 1.807) is 5.32 Å². The van der Waals surface area contributed by atoms with E-state index in [4.69, 9.17) is 0 Å². The Bertz CT molecular complexity index is 597. The number of amides is 2. The van der Waals surface area contributed by atoms with Crippen LogP contribution in [0, 0.1) is 5.92 Å². The maximum atomic E-state index is 12.0. The van der Waals surface area contributed by atoms with Gasteiger partial charge in [0.15, 0.2) is 0 Å². The van der Waals surface area contributed by atoms with Crippen LogP contribution in [0.15, 0.2) is 24.3 Å². The van der Waals surface area contributed by atoms with Gasteiger partial charge in [-0.2, -0.15) is 13.2 Å². The van der Waals surface area contributed by atoms with Gasteiger partial charge in [0.05, 0.1) is 6.54 Å². The van der Waals surface area contributed by atoms with Crippen molar-refractivity contribution in [3.63, 3.8) is 0 Å².